The van der Waals surface area contributed by atoms with E-state index >= 15 is 0 Å². The second-order valence-electron chi connectivity index (χ2n) is 5.50. The van der Waals surface area contributed by atoms with Crippen molar-refractivity contribution in [3.8, 4) is 0 Å². The molecule has 0 aliphatic carbocycles. The van der Waals surface area contributed by atoms with Crippen LogP contribution in [0.1, 0.15) is 19.3 Å². The second kappa shape index (κ2) is 5.36. The zero-order valence-electron chi connectivity index (χ0n) is 11.3. The largest absolute Gasteiger partial charge is 0.364 e. The highest BCUT2D eigenvalue weighted by atomic mass is 19.1. The molecule has 20 heavy (non-hydrogen) atoms. The molecule has 0 bridgehead atoms. The van der Waals surface area contributed by atoms with Gasteiger partial charge in [0.2, 0.25) is 5.82 Å². The summed E-state index contributed by atoms with van der Waals surface area (Å²) in [5, 5.41) is 11.1. The van der Waals surface area contributed by atoms with Crippen molar-refractivity contribution in [3.63, 3.8) is 0 Å². The van der Waals surface area contributed by atoms with Gasteiger partial charge in [0.05, 0.1) is 4.92 Å². The molecule has 2 saturated heterocycles. The van der Waals surface area contributed by atoms with Gasteiger partial charge in [-0.3, -0.25) is 15.0 Å². The van der Waals surface area contributed by atoms with Crippen molar-refractivity contribution in [2.24, 2.45) is 0 Å². The Bertz CT molecular complexity index is 517. The third-order valence-corrected chi connectivity index (χ3v) is 4.31. The first-order valence-corrected chi connectivity index (χ1v) is 7.08. The third kappa shape index (κ3) is 2.35. The Kier molecular flexibility index (Phi) is 3.56. The van der Waals surface area contributed by atoms with Gasteiger partial charge in [-0.25, -0.2) is 0 Å². The molecule has 0 saturated carbocycles. The van der Waals surface area contributed by atoms with Gasteiger partial charge in [-0.15, -0.1) is 0 Å². The highest BCUT2D eigenvalue weighted by Gasteiger charge is 2.33. The Balaban J connectivity index is 1.80. The van der Waals surface area contributed by atoms with Crippen LogP contribution in [0.3, 0.4) is 0 Å². The lowest BCUT2D eigenvalue weighted by molar-refractivity contribution is -0.386. The summed E-state index contributed by atoms with van der Waals surface area (Å²) in [5.74, 6) is -0.753. The number of rotatable bonds is 3. The fraction of sp³-hybridized carbons (Fsp3) is 0.571. The first-order valence-electron chi connectivity index (χ1n) is 7.08. The van der Waals surface area contributed by atoms with Crippen LogP contribution in [0.4, 0.5) is 15.8 Å². The van der Waals surface area contributed by atoms with Crippen LogP contribution in [0.2, 0.25) is 0 Å². The fourth-order valence-electron chi connectivity index (χ4n) is 3.31. The number of para-hydroxylation sites is 1. The smallest absolute Gasteiger partial charge is 0.327 e. The lowest BCUT2D eigenvalue weighted by atomic mass is 10.2. The SMILES string of the molecule is O=[N+]([O-])c1c(F)cccc1N1CCC(N2CCCC2)C1. The lowest BCUT2D eigenvalue weighted by Crippen LogP contribution is -2.35. The number of anilines is 1. The Morgan fingerprint density at radius 1 is 1.25 bits per heavy atom. The summed E-state index contributed by atoms with van der Waals surface area (Å²) in [6, 6.07) is 4.78. The number of nitro groups is 1. The Morgan fingerprint density at radius 2 is 2.00 bits per heavy atom. The maximum Gasteiger partial charge on any atom is 0.327 e. The Morgan fingerprint density at radius 3 is 2.70 bits per heavy atom. The van der Waals surface area contributed by atoms with E-state index in [-0.39, 0.29) is 0 Å². The minimum absolute atomic E-state index is 0.394. The summed E-state index contributed by atoms with van der Waals surface area (Å²) in [6.45, 7) is 3.74. The van der Waals surface area contributed by atoms with E-state index in [1.165, 1.54) is 12.8 Å². The van der Waals surface area contributed by atoms with Gasteiger partial charge in [0.1, 0.15) is 5.69 Å². The van der Waals surface area contributed by atoms with Gasteiger partial charge < -0.3 is 4.90 Å². The molecule has 1 aromatic rings. The fourth-order valence-corrected chi connectivity index (χ4v) is 3.31. The molecule has 2 fully saturated rings. The van der Waals surface area contributed by atoms with E-state index in [0.29, 0.717) is 11.7 Å². The molecule has 2 heterocycles. The van der Waals surface area contributed by atoms with Crippen LogP contribution in [-0.2, 0) is 0 Å². The minimum atomic E-state index is -0.753. The van der Waals surface area contributed by atoms with Gasteiger partial charge in [0, 0.05) is 19.1 Å². The van der Waals surface area contributed by atoms with E-state index < -0.39 is 16.4 Å². The van der Waals surface area contributed by atoms with E-state index in [2.05, 4.69) is 4.90 Å². The van der Waals surface area contributed by atoms with Gasteiger partial charge in [0.15, 0.2) is 0 Å². The number of halogens is 1. The van der Waals surface area contributed by atoms with Crippen LogP contribution in [0.5, 0.6) is 0 Å². The number of likely N-dealkylation sites (tertiary alicyclic amines) is 1. The number of hydrogen-bond donors (Lipinski definition) is 0. The first-order chi connectivity index (χ1) is 9.66. The maximum absolute atomic E-state index is 13.7. The van der Waals surface area contributed by atoms with Gasteiger partial charge in [0.25, 0.3) is 0 Å². The van der Waals surface area contributed by atoms with Crippen molar-refractivity contribution in [1.82, 2.24) is 4.90 Å². The molecule has 0 aromatic heterocycles. The van der Waals surface area contributed by atoms with Gasteiger partial charge >= 0.3 is 5.69 Å². The summed E-state index contributed by atoms with van der Waals surface area (Å²) in [5.41, 5.74) is 0.0197. The van der Waals surface area contributed by atoms with Crippen LogP contribution in [0, 0.1) is 15.9 Å². The molecule has 0 spiro atoms. The average Bonchev–Trinajstić information content (AvgIpc) is 3.09. The number of benzene rings is 1. The van der Waals surface area contributed by atoms with Crippen LogP contribution in [-0.4, -0.2) is 42.0 Å². The molecule has 1 aromatic carbocycles. The molecule has 2 aliphatic rings. The molecular weight excluding hydrogens is 261 g/mol. The quantitative estimate of drug-likeness (QED) is 0.630. The van der Waals surface area contributed by atoms with E-state index in [4.69, 9.17) is 0 Å². The van der Waals surface area contributed by atoms with Crippen LogP contribution in [0.25, 0.3) is 0 Å². The van der Waals surface area contributed by atoms with E-state index in [9.17, 15) is 14.5 Å². The molecule has 0 radical (unpaired) electrons. The van der Waals surface area contributed by atoms with Crippen molar-refractivity contribution in [3.05, 3.63) is 34.1 Å². The molecule has 108 valence electrons. The molecule has 5 nitrogen and oxygen atoms in total. The number of nitro benzene ring substituents is 1. The summed E-state index contributed by atoms with van der Waals surface area (Å²) in [6.07, 6.45) is 3.46. The second-order valence-corrected chi connectivity index (χ2v) is 5.50. The highest BCUT2D eigenvalue weighted by Crippen LogP contribution is 2.34. The molecule has 1 atom stereocenters. The van der Waals surface area contributed by atoms with Gasteiger partial charge in [-0.1, -0.05) is 6.07 Å². The number of hydrogen-bond acceptors (Lipinski definition) is 4. The van der Waals surface area contributed by atoms with E-state index in [0.717, 1.165) is 38.7 Å². The molecule has 0 amide bonds. The summed E-state index contributed by atoms with van der Waals surface area (Å²) in [7, 11) is 0. The molecular formula is C14H18FN3O2. The van der Waals surface area contributed by atoms with Gasteiger partial charge in [-0.05, 0) is 44.5 Å². The monoisotopic (exact) mass is 279 g/mol. The molecule has 6 heteroatoms. The standard InChI is InChI=1S/C14H18FN3O2/c15-12-4-3-5-13(14(12)18(19)20)17-9-6-11(10-17)16-7-1-2-8-16/h3-5,11H,1-2,6-10H2. The van der Waals surface area contributed by atoms with Crippen LogP contribution in [0.15, 0.2) is 18.2 Å². The third-order valence-electron chi connectivity index (χ3n) is 4.31. The predicted octanol–water partition coefficient (Wildman–Crippen LogP) is 2.41. The van der Waals surface area contributed by atoms with Crippen molar-refractivity contribution in [2.45, 2.75) is 25.3 Å². The topological polar surface area (TPSA) is 49.6 Å². The summed E-state index contributed by atoms with van der Waals surface area (Å²) in [4.78, 5) is 14.8. The normalized spacial score (nSPS) is 23.4. The predicted molar refractivity (Wildman–Crippen MR) is 74.5 cm³/mol. The first kappa shape index (κ1) is 13.3. The van der Waals surface area contributed by atoms with Crippen molar-refractivity contribution < 1.29 is 9.31 Å². The van der Waals surface area contributed by atoms with E-state index in [1.54, 1.807) is 12.1 Å². The van der Waals surface area contributed by atoms with Crippen LogP contribution >= 0.6 is 0 Å². The van der Waals surface area contributed by atoms with E-state index in [1.807, 2.05) is 4.90 Å². The zero-order chi connectivity index (χ0) is 14.1. The van der Waals surface area contributed by atoms with Crippen molar-refractivity contribution in [2.75, 3.05) is 31.1 Å². The molecule has 0 N–H and O–H groups in total. The summed E-state index contributed by atoms with van der Waals surface area (Å²) < 4.78 is 13.7. The minimum Gasteiger partial charge on any atom is -0.364 e. The highest BCUT2D eigenvalue weighted by molar-refractivity contribution is 5.64. The van der Waals surface area contributed by atoms with Crippen molar-refractivity contribution in [1.29, 1.82) is 0 Å². The summed E-state index contributed by atoms with van der Waals surface area (Å²) >= 11 is 0. The van der Waals surface area contributed by atoms with Crippen molar-refractivity contribution >= 4 is 11.4 Å². The number of nitrogens with zero attached hydrogens (tertiary/aromatic N) is 3. The Labute approximate surface area is 117 Å². The molecule has 3 rings (SSSR count). The maximum atomic E-state index is 13.7. The van der Waals surface area contributed by atoms with Crippen LogP contribution < -0.4 is 4.90 Å². The zero-order valence-corrected chi connectivity index (χ0v) is 11.3. The molecule has 2 aliphatic heterocycles. The van der Waals surface area contributed by atoms with Gasteiger partial charge in [-0.2, -0.15) is 4.39 Å². The lowest BCUT2D eigenvalue weighted by Gasteiger charge is -2.24. The molecule has 1 unspecified atom stereocenters. The Hall–Kier alpha value is -1.69. The average molecular weight is 279 g/mol.